The van der Waals surface area contributed by atoms with E-state index < -0.39 is 6.10 Å². The van der Waals surface area contributed by atoms with Gasteiger partial charge in [0.1, 0.15) is 0 Å². The summed E-state index contributed by atoms with van der Waals surface area (Å²) in [5.74, 6) is 0.383. The van der Waals surface area contributed by atoms with Crippen molar-refractivity contribution in [1.29, 1.82) is 0 Å². The van der Waals surface area contributed by atoms with Crippen molar-refractivity contribution in [3.05, 3.63) is 17.9 Å². The van der Waals surface area contributed by atoms with Crippen LogP contribution in [0.1, 0.15) is 36.2 Å². The minimum atomic E-state index is -0.438. The van der Waals surface area contributed by atoms with E-state index in [1.54, 1.807) is 12.1 Å². The zero-order valence-electron chi connectivity index (χ0n) is 10.5. The molecule has 0 saturated heterocycles. The Hall–Kier alpha value is -0.940. The summed E-state index contributed by atoms with van der Waals surface area (Å²) in [6.07, 6.45) is 5.95. The molecule has 0 spiro atoms. The summed E-state index contributed by atoms with van der Waals surface area (Å²) in [5.41, 5.74) is 0. The molecule has 1 aromatic heterocycles. The lowest BCUT2D eigenvalue weighted by Crippen LogP contribution is -2.35. The first-order valence-electron chi connectivity index (χ1n) is 6.31. The third-order valence-electron chi connectivity index (χ3n) is 3.42. The Bertz CT molecular complexity index is 399. The number of amides is 1. The molecule has 1 saturated carbocycles. The lowest BCUT2D eigenvalue weighted by molar-refractivity contribution is 0.0814. The fourth-order valence-electron chi connectivity index (χ4n) is 2.35. The SMILES string of the molecule is CSc1ccc(C(=O)NCC(O)C2CCCC2)o1. The molecule has 1 aliphatic rings. The number of carbonyl (C=O) groups excluding carboxylic acids is 1. The van der Waals surface area contributed by atoms with Crippen molar-refractivity contribution in [3.8, 4) is 0 Å². The predicted octanol–water partition coefficient (Wildman–Crippen LogP) is 2.28. The van der Waals surface area contributed by atoms with Gasteiger partial charge < -0.3 is 14.8 Å². The number of nitrogens with one attached hydrogen (secondary N) is 1. The van der Waals surface area contributed by atoms with Crippen LogP contribution in [0.4, 0.5) is 0 Å². The van der Waals surface area contributed by atoms with Gasteiger partial charge in [-0.15, -0.1) is 0 Å². The highest BCUT2D eigenvalue weighted by atomic mass is 32.2. The van der Waals surface area contributed by atoms with E-state index in [1.807, 2.05) is 6.26 Å². The first-order valence-corrected chi connectivity index (χ1v) is 7.53. The van der Waals surface area contributed by atoms with Gasteiger partial charge >= 0.3 is 0 Å². The van der Waals surface area contributed by atoms with Gasteiger partial charge in [0, 0.05) is 6.54 Å². The smallest absolute Gasteiger partial charge is 0.287 e. The fraction of sp³-hybridized carbons (Fsp3) is 0.615. The number of carbonyl (C=O) groups is 1. The maximum Gasteiger partial charge on any atom is 0.287 e. The fourth-order valence-corrected chi connectivity index (χ4v) is 2.72. The van der Waals surface area contributed by atoms with Crippen molar-refractivity contribution >= 4 is 17.7 Å². The summed E-state index contributed by atoms with van der Waals surface area (Å²) in [6, 6.07) is 3.43. The van der Waals surface area contributed by atoms with E-state index >= 15 is 0 Å². The largest absolute Gasteiger partial charge is 0.445 e. The van der Waals surface area contributed by atoms with Crippen LogP contribution in [-0.4, -0.2) is 29.9 Å². The normalized spacial score (nSPS) is 17.9. The first kappa shape index (κ1) is 13.5. The van der Waals surface area contributed by atoms with E-state index in [4.69, 9.17) is 4.42 Å². The number of thioether (sulfide) groups is 1. The second kappa shape index (κ2) is 6.29. The molecule has 1 amide bonds. The molecule has 18 heavy (non-hydrogen) atoms. The molecule has 0 radical (unpaired) electrons. The number of furan rings is 1. The molecule has 5 heteroatoms. The van der Waals surface area contributed by atoms with E-state index in [1.165, 1.54) is 24.6 Å². The highest BCUT2D eigenvalue weighted by Gasteiger charge is 2.23. The third-order valence-corrected chi connectivity index (χ3v) is 4.04. The van der Waals surface area contributed by atoms with Crippen molar-refractivity contribution in [1.82, 2.24) is 5.32 Å². The van der Waals surface area contributed by atoms with Gasteiger partial charge in [0.15, 0.2) is 10.9 Å². The summed E-state index contributed by atoms with van der Waals surface area (Å²) in [7, 11) is 0. The van der Waals surface area contributed by atoms with E-state index in [0.717, 1.165) is 17.9 Å². The van der Waals surface area contributed by atoms with Gasteiger partial charge in [0.05, 0.1) is 6.10 Å². The molecule has 1 aliphatic carbocycles. The van der Waals surface area contributed by atoms with Gasteiger partial charge in [0.25, 0.3) is 5.91 Å². The van der Waals surface area contributed by atoms with Crippen LogP contribution >= 0.6 is 11.8 Å². The summed E-state index contributed by atoms with van der Waals surface area (Å²) in [4.78, 5) is 11.8. The summed E-state index contributed by atoms with van der Waals surface area (Å²) in [5, 5.41) is 13.4. The Kier molecular flexibility index (Phi) is 4.72. The molecule has 4 nitrogen and oxygen atoms in total. The molecular formula is C13H19NO3S. The topological polar surface area (TPSA) is 62.5 Å². The average molecular weight is 269 g/mol. The van der Waals surface area contributed by atoms with Crippen molar-refractivity contribution in [2.24, 2.45) is 5.92 Å². The Morgan fingerprint density at radius 3 is 2.89 bits per heavy atom. The molecule has 1 heterocycles. The standard InChI is InChI=1S/C13H19NO3S/c1-18-12-7-6-11(17-12)13(16)14-8-10(15)9-4-2-3-5-9/h6-7,9-10,15H,2-5,8H2,1H3,(H,14,16). The van der Waals surface area contributed by atoms with Crippen LogP contribution in [0.25, 0.3) is 0 Å². The van der Waals surface area contributed by atoms with Crippen LogP contribution in [0.5, 0.6) is 0 Å². The lowest BCUT2D eigenvalue weighted by atomic mass is 10.0. The van der Waals surface area contributed by atoms with Crippen LogP contribution < -0.4 is 5.32 Å². The quantitative estimate of drug-likeness (QED) is 0.805. The Morgan fingerprint density at radius 2 is 2.28 bits per heavy atom. The number of rotatable bonds is 5. The monoisotopic (exact) mass is 269 g/mol. The van der Waals surface area contributed by atoms with Crippen LogP contribution in [0.3, 0.4) is 0 Å². The minimum absolute atomic E-state index is 0.257. The summed E-state index contributed by atoms with van der Waals surface area (Å²) in [6.45, 7) is 0.304. The summed E-state index contributed by atoms with van der Waals surface area (Å²) < 4.78 is 5.32. The minimum Gasteiger partial charge on any atom is -0.445 e. The van der Waals surface area contributed by atoms with Gasteiger partial charge in [-0.1, -0.05) is 24.6 Å². The van der Waals surface area contributed by atoms with Crippen molar-refractivity contribution in [2.45, 2.75) is 36.9 Å². The van der Waals surface area contributed by atoms with E-state index in [2.05, 4.69) is 5.32 Å². The molecular weight excluding hydrogens is 250 g/mol. The van der Waals surface area contributed by atoms with Crippen LogP contribution in [0, 0.1) is 5.92 Å². The predicted molar refractivity (Wildman–Crippen MR) is 70.8 cm³/mol. The van der Waals surface area contributed by atoms with Crippen molar-refractivity contribution in [3.63, 3.8) is 0 Å². The first-order chi connectivity index (χ1) is 8.70. The van der Waals surface area contributed by atoms with E-state index in [-0.39, 0.29) is 5.91 Å². The molecule has 0 bridgehead atoms. The van der Waals surface area contributed by atoms with Crippen LogP contribution in [0.2, 0.25) is 0 Å². The molecule has 1 aromatic rings. The zero-order chi connectivity index (χ0) is 13.0. The van der Waals surface area contributed by atoms with Gasteiger partial charge in [0.2, 0.25) is 0 Å². The zero-order valence-corrected chi connectivity index (χ0v) is 11.3. The van der Waals surface area contributed by atoms with Crippen molar-refractivity contribution in [2.75, 3.05) is 12.8 Å². The summed E-state index contributed by atoms with van der Waals surface area (Å²) >= 11 is 1.46. The molecule has 1 atom stereocenters. The Labute approximate surface area is 111 Å². The number of hydrogen-bond donors (Lipinski definition) is 2. The third kappa shape index (κ3) is 3.29. The molecule has 2 N–H and O–H groups in total. The molecule has 0 aliphatic heterocycles. The number of hydrogen-bond acceptors (Lipinski definition) is 4. The number of aliphatic hydroxyl groups is 1. The van der Waals surface area contributed by atoms with Gasteiger partial charge in [-0.2, -0.15) is 0 Å². The Morgan fingerprint density at radius 1 is 1.56 bits per heavy atom. The molecule has 100 valence electrons. The van der Waals surface area contributed by atoms with Crippen LogP contribution in [0.15, 0.2) is 21.6 Å². The van der Waals surface area contributed by atoms with E-state index in [0.29, 0.717) is 18.2 Å². The highest BCUT2D eigenvalue weighted by Crippen LogP contribution is 2.27. The maximum absolute atomic E-state index is 11.8. The maximum atomic E-state index is 11.8. The van der Waals surface area contributed by atoms with E-state index in [9.17, 15) is 9.90 Å². The second-order valence-electron chi connectivity index (χ2n) is 4.64. The molecule has 1 unspecified atom stereocenters. The second-order valence-corrected chi connectivity index (χ2v) is 5.46. The lowest BCUT2D eigenvalue weighted by Gasteiger charge is -2.17. The molecule has 0 aromatic carbocycles. The van der Waals surface area contributed by atoms with Gasteiger partial charge in [-0.3, -0.25) is 4.79 Å². The Balaban J connectivity index is 1.80. The molecule has 2 rings (SSSR count). The average Bonchev–Trinajstić information content (AvgIpc) is 3.05. The van der Waals surface area contributed by atoms with Crippen molar-refractivity contribution < 1.29 is 14.3 Å². The van der Waals surface area contributed by atoms with Gasteiger partial charge in [-0.25, -0.2) is 0 Å². The molecule has 1 fully saturated rings. The number of aliphatic hydroxyl groups excluding tert-OH is 1. The van der Waals surface area contributed by atoms with Gasteiger partial charge in [-0.05, 0) is 37.1 Å². The van der Waals surface area contributed by atoms with Crippen LogP contribution in [-0.2, 0) is 0 Å². The highest BCUT2D eigenvalue weighted by molar-refractivity contribution is 7.98.